The molecular formula is C12H7F2I. The molecule has 0 aliphatic heterocycles. The highest BCUT2D eigenvalue weighted by Crippen LogP contribution is 2.28. The van der Waals surface area contributed by atoms with E-state index in [2.05, 4.69) is 0 Å². The maximum Gasteiger partial charge on any atom is 0.132 e. The molecule has 0 bridgehead atoms. The molecule has 0 aromatic heterocycles. The zero-order valence-electron chi connectivity index (χ0n) is 7.68. The monoisotopic (exact) mass is 316 g/mol. The Morgan fingerprint density at radius 3 is 2.33 bits per heavy atom. The Morgan fingerprint density at radius 1 is 0.933 bits per heavy atom. The van der Waals surface area contributed by atoms with Crippen molar-refractivity contribution in [3.63, 3.8) is 0 Å². The first kappa shape index (κ1) is 10.5. The van der Waals surface area contributed by atoms with E-state index in [1.807, 2.05) is 22.6 Å². The number of benzene rings is 2. The summed E-state index contributed by atoms with van der Waals surface area (Å²) in [5.74, 6) is -0.681. The molecule has 2 rings (SSSR count). The Morgan fingerprint density at radius 2 is 1.67 bits per heavy atom. The summed E-state index contributed by atoms with van der Waals surface area (Å²) < 4.78 is 27.3. The summed E-state index contributed by atoms with van der Waals surface area (Å²) in [7, 11) is 0. The molecule has 0 fully saturated rings. The molecule has 15 heavy (non-hydrogen) atoms. The lowest BCUT2D eigenvalue weighted by Crippen LogP contribution is -1.88. The molecule has 0 unspecified atom stereocenters. The Labute approximate surface area is 100 Å². The highest BCUT2D eigenvalue weighted by molar-refractivity contribution is 14.1. The van der Waals surface area contributed by atoms with E-state index in [-0.39, 0.29) is 11.6 Å². The van der Waals surface area contributed by atoms with E-state index in [0.29, 0.717) is 11.1 Å². The first-order valence-electron chi connectivity index (χ1n) is 4.38. The molecule has 0 aliphatic rings. The normalized spacial score (nSPS) is 10.3. The van der Waals surface area contributed by atoms with Crippen molar-refractivity contribution in [2.24, 2.45) is 0 Å². The van der Waals surface area contributed by atoms with Crippen LogP contribution < -0.4 is 0 Å². The third kappa shape index (κ3) is 2.17. The molecule has 0 aliphatic carbocycles. The maximum atomic E-state index is 13.5. The second-order valence-electron chi connectivity index (χ2n) is 3.11. The fourth-order valence-electron chi connectivity index (χ4n) is 1.42. The van der Waals surface area contributed by atoms with E-state index in [0.717, 1.165) is 3.57 Å². The van der Waals surface area contributed by atoms with Crippen molar-refractivity contribution in [1.29, 1.82) is 0 Å². The molecule has 0 saturated heterocycles. The predicted octanol–water partition coefficient (Wildman–Crippen LogP) is 4.24. The van der Waals surface area contributed by atoms with E-state index in [1.54, 1.807) is 24.3 Å². The Hall–Kier alpha value is -0.970. The van der Waals surface area contributed by atoms with Gasteiger partial charge in [0.1, 0.15) is 11.6 Å². The molecule has 0 amide bonds. The second-order valence-corrected chi connectivity index (χ2v) is 4.27. The van der Waals surface area contributed by atoms with Crippen LogP contribution in [0.25, 0.3) is 11.1 Å². The largest absolute Gasteiger partial charge is 0.207 e. The molecule has 0 heterocycles. The number of rotatable bonds is 1. The summed E-state index contributed by atoms with van der Waals surface area (Å²) in [5.41, 5.74) is 1.02. The van der Waals surface area contributed by atoms with Crippen molar-refractivity contribution in [3.05, 3.63) is 57.7 Å². The van der Waals surface area contributed by atoms with Crippen molar-refractivity contribution in [2.75, 3.05) is 0 Å². The fourth-order valence-corrected chi connectivity index (χ4v) is 2.19. The van der Waals surface area contributed by atoms with Crippen LogP contribution in [-0.4, -0.2) is 0 Å². The van der Waals surface area contributed by atoms with Gasteiger partial charge in [0.05, 0.1) is 0 Å². The van der Waals surface area contributed by atoms with Gasteiger partial charge in [0, 0.05) is 9.13 Å². The summed E-state index contributed by atoms with van der Waals surface area (Å²) in [6.45, 7) is 0. The van der Waals surface area contributed by atoms with Crippen LogP contribution in [0.3, 0.4) is 0 Å². The van der Waals surface area contributed by atoms with E-state index < -0.39 is 0 Å². The maximum absolute atomic E-state index is 13.5. The smallest absolute Gasteiger partial charge is 0.132 e. The van der Waals surface area contributed by atoms with E-state index >= 15 is 0 Å². The minimum atomic E-state index is -0.355. The molecule has 2 aromatic carbocycles. The summed E-state index contributed by atoms with van der Waals surface area (Å²) in [6.07, 6.45) is 0. The van der Waals surface area contributed by atoms with E-state index in [1.165, 1.54) is 18.2 Å². The second kappa shape index (κ2) is 4.26. The summed E-state index contributed by atoms with van der Waals surface area (Å²) in [4.78, 5) is 0. The standard InChI is InChI=1S/C12H7F2I/c13-9-4-1-3-8(7-9)12-10(14)5-2-6-11(12)15/h1-7H. The highest BCUT2D eigenvalue weighted by Gasteiger charge is 2.08. The van der Waals surface area contributed by atoms with Gasteiger partial charge in [-0.15, -0.1) is 0 Å². The van der Waals surface area contributed by atoms with Crippen LogP contribution in [0.2, 0.25) is 0 Å². The van der Waals surface area contributed by atoms with Crippen LogP contribution in [0.4, 0.5) is 8.78 Å². The van der Waals surface area contributed by atoms with Crippen LogP contribution in [0.15, 0.2) is 42.5 Å². The zero-order chi connectivity index (χ0) is 10.8. The summed E-state index contributed by atoms with van der Waals surface area (Å²) in [5, 5.41) is 0. The Kier molecular flexibility index (Phi) is 3.00. The number of halogens is 3. The molecule has 0 radical (unpaired) electrons. The van der Waals surface area contributed by atoms with Crippen LogP contribution >= 0.6 is 22.6 Å². The van der Waals surface area contributed by atoms with Crippen molar-refractivity contribution in [2.45, 2.75) is 0 Å². The van der Waals surface area contributed by atoms with Crippen LogP contribution in [0, 0.1) is 15.2 Å². The topological polar surface area (TPSA) is 0 Å². The quantitative estimate of drug-likeness (QED) is 0.691. The predicted molar refractivity (Wildman–Crippen MR) is 64.5 cm³/mol. The van der Waals surface area contributed by atoms with Crippen molar-refractivity contribution < 1.29 is 8.78 Å². The van der Waals surface area contributed by atoms with Gasteiger partial charge in [-0.2, -0.15) is 0 Å². The van der Waals surface area contributed by atoms with Gasteiger partial charge in [-0.1, -0.05) is 18.2 Å². The lowest BCUT2D eigenvalue weighted by molar-refractivity contribution is 0.624. The first-order chi connectivity index (χ1) is 7.18. The molecule has 0 nitrogen and oxygen atoms in total. The van der Waals surface area contributed by atoms with Gasteiger partial charge in [-0.3, -0.25) is 0 Å². The van der Waals surface area contributed by atoms with E-state index in [4.69, 9.17) is 0 Å². The lowest BCUT2D eigenvalue weighted by Gasteiger charge is -2.05. The molecule has 0 atom stereocenters. The average molecular weight is 316 g/mol. The van der Waals surface area contributed by atoms with Gasteiger partial charge < -0.3 is 0 Å². The van der Waals surface area contributed by atoms with Gasteiger partial charge in [-0.25, -0.2) is 8.78 Å². The first-order valence-corrected chi connectivity index (χ1v) is 5.46. The van der Waals surface area contributed by atoms with Gasteiger partial charge in [0.2, 0.25) is 0 Å². The van der Waals surface area contributed by atoms with Crippen LogP contribution in [0.1, 0.15) is 0 Å². The third-order valence-electron chi connectivity index (χ3n) is 2.08. The Balaban J connectivity index is 2.63. The van der Waals surface area contributed by atoms with E-state index in [9.17, 15) is 8.78 Å². The molecule has 76 valence electrons. The Bertz CT molecular complexity index is 474. The molecule has 3 heteroatoms. The number of hydrogen-bond donors (Lipinski definition) is 0. The summed E-state index contributed by atoms with van der Waals surface area (Å²) in [6, 6.07) is 10.8. The zero-order valence-corrected chi connectivity index (χ0v) is 9.83. The minimum absolute atomic E-state index is 0.326. The molecule has 0 N–H and O–H groups in total. The average Bonchev–Trinajstić information content (AvgIpc) is 2.17. The van der Waals surface area contributed by atoms with Crippen molar-refractivity contribution in [3.8, 4) is 11.1 Å². The minimum Gasteiger partial charge on any atom is -0.207 e. The van der Waals surface area contributed by atoms with Crippen molar-refractivity contribution in [1.82, 2.24) is 0 Å². The van der Waals surface area contributed by atoms with Gasteiger partial charge in [-0.05, 0) is 52.4 Å². The molecule has 2 aromatic rings. The third-order valence-corrected chi connectivity index (χ3v) is 2.98. The summed E-state index contributed by atoms with van der Waals surface area (Å²) >= 11 is 2.04. The van der Waals surface area contributed by atoms with Gasteiger partial charge in [0.25, 0.3) is 0 Å². The van der Waals surface area contributed by atoms with Crippen LogP contribution in [-0.2, 0) is 0 Å². The fraction of sp³-hybridized carbons (Fsp3) is 0. The SMILES string of the molecule is Fc1cccc(-c2c(F)cccc2I)c1. The van der Waals surface area contributed by atoms with Gasteiger partial charge in [0.15, 0.2) is 0 Å². The molecular weight excluding hydrogens is 309 g/mol. The molecule has 0 saturated carbocycles. The van der Waals surface area contributed by atoms with Crippen LogP contribution in [0.5, 0.6) is 0 Å². The van der Waals surface area contributed by atoms with Gasteiger partial charge >= 0.3 is 0 Å². The molecule has 0 spiro atoms. The number of hydrogen-bond acceptors (Lipinski definition) is 0. The highest BCUT2D eigenvalue weighted by atomic mass is 127. The van der Waals surface area contributed by atoms with Crippen molar-refractivity contribution >= 4 is 22.6 Å². The lowest BCUT2D eigenvalue weighted by atomic mass is 10.1.